The largest absolute Gasteiger partial charge is 0.467 e. The number of pyridine rings is 1. The Kier molecular flexibility index (Phi) is 2.89. The number of aromatic nitrogens is 1. The van der Waals surface area contributed by atoms with Crippen LogP contribution >= 0.6 is 0 Å². The Morgan fingerprint density at radius 3 is 2.72 bits per heavy atom. The van der Waals surface area contributed by atoms with Crippen molar-refractivity contribution in [2.45, 2.75) is 11.1 Å². The average Bonchev–Trinajstić information content (AvgIpc) is 2.62. The Hall–Kier alpha value is -1.83. The Bertz CT molecular complexity index is 661. The second-order valence-electron chi connectivity index (χ2n) is 3.83. The molecule has 0 aliphatic carbocycles. The third kappa shape index (κ3) is 1.69. The molecule has 0 spiro atoms. The lowest BCUT2D eigenvalue weighted by Gasteiger charge is -2.11. The fraction of sp³-hybridized carbons (Fsp3) is 0.400. The normalized spacial score (nSPS) is 20.2. The van der Waals surface area contributed by atoms with E-state index in [0.29, 0.717) is 0 Å². The Morgan fingerprint density at radius 2 is 2.17 bits per heavy atom. The minimum Gasteiger partial charge on any atom is -0.467 e. The van der Waals surface area contributed by atoms with Crippen LogP contribution < -0.4 is 10.9 Å². The second-order valence-corrected chi connectivity index (χ2v) is 5.81. The zero-order chi connectivity index (χ0) is 13.5. The lowest BCUT2D eigenvalue weighted by molar-refractivity contribution is -0.143. The van der Waals surface area contributed by atoms with Crippen molar-refractivity contribution in [3.05, 3.63) is 22.5 Å². The van der Waals surface area contributed by atoms with Crippen LogP contribution in [0.25, 0.3) is 0 Å². The summed E-state index contributed by atoms with van der Waals surface area (Å²) in [6.45, 7) is 0. The molecule has 0 aromatic carbocycles. The van der Waals surface area contributed by atoms with Crippen molar-refractivity contribution in [2.24, 2.45) is 0 Å². The van der Waals surface area contributed by atoms with Crippen molar-refractivity contribution in [1.29, 1.82) is 0 Å². The molecule has 0 saturated heterocycles. The summed E-state index contributed by atoms with van der Waals surface area (Å²) in [6.07, 6.45) is 0. The topological polar surface area (TPSA) is 94.5 Å². The van der Waals surface area contributed by atoms with Gasteiger partial charge in [-0.05, 0) is 12.1 Å². The number of sulfone groups is 1. The van der Waals surface area contributed by atoms with E-state index in [1.165, 1.54) is 12.1 Å². The molecule has 98 valence electrons. The molecule has 2 heterocycles. The van der Waals surface area contributed by atoms with Gasteiger partial charge in [-0.1, -0.05) is 0 Å². The van der Waals surface area contributed by atoms with Crippen LogP contribution in [0.15, 0.2) is 22.0 Å². The highest BCUT2D eigenvalue weighted by Gasteiger charge is 2.40. The minimum atomic E-state index is -3.62. The number of nitrogens with one attached hydrogen (secondary N) is 1. The first-order valence-electron chi connectivity index (χ1n) is 5.16. The van der Waals surface area contributed by atoms with E-state index in [1.807, 2.05) is 0 Å². The van der Waals surface area contributed by atoms with Gasteiger partial charge in [0.15, 0.2) is 9.84 Å². The molecule has 0 unspecified atom stereocenters. The van der Waals surface area contributed by atoms with Crippen molar-refractivity contribution >= 4 is 21.5 Å². The van der Waals surface area contributed by atoms with Gasteiger partial charge < -0.3 is 10.1 Å². The standard InChI is InChI=1S/C10H12N2O5S/c1-11-6-3-4-8-12(9(6)13)7(10(14)17-2)5-18(8,15)16/h3-4,7,11H,5H2,1-2H3/t7-/m0/s1. The predicted octanol–water partition coefficient (Wildman–Crippen LogP) is -0.609. The van der Waals surface area contributed by atoms with Crippen molar-refractivity contribution in [1.82, 2.24) is 4.57 Å². The summed E-state index contributed by atoms with van der Waals surface area (Å²) in [5.74, 6) is -1.19. The maximum Gasteiger partial charge on any atom is 0.330 e. The number of nitrogens with zero attached hydrogens (tertiary/aromatic N) is 1. The molecule has 0 radical (unpaired) electrons. The average molecular weight is 272 g/mol. The van der Waals surface area contributed by atoms with E-state index in [4.69, 9.17) is 0 Å². The number of esters is 1. The highest BCUT2D eigenvalue weighted by molar-refractivity contribution is 7.91. The van der Waals surface area contributed by atoms with Gasteiger partial charge in [-0.2, -0.15) is 0 Å². The van der Waals surface area contributed by atoms with Crippen molar-refractivity contribution in [2.75, 3.05) is 25.2 Å². The maximum absolute atomic E-state index is 12.0. The van der Waals surface area contributed by atoms with E-state index >= 15 is 0 Å². The van der Waals surface area contributed by atoms with Gasteiger partial charge in [0.25, 0.3) is 5.56 Å². The molecule has 0 amide bonds. The van der Waals surface area contributed by atoms with Gasteiger partial charge in [0.1, 0.15) is 16.8 Å². The molecule has 2 rings (SSSR count). The van der Waals surface area contributed by atoms with Gasteiger partial charge in [-0.25, -0.2) is 13.2 Å². The number of fused-ring (bicyclic) bond motifs is 1. The number of carbonyl (C=O) groups is 1. The van der Waals surface area contributed by atoms with Gasteiger partial charge in [-0.15, -0.1) is 0 Å². The van der Waals surface area contributed by atoms with E-state index in [2.05, 4.69) is 10.1 Å². The van der Waals surface area contributed by atoms with E-state index in [1.54, 1.807) is 7.05 Å². The van der Waals surface area contributed by atoms with Crippen LogP contribution in [0.4, 0.5) is 5.69 Å². The van der Waals surface area contributed by atoms with Crippen LogP contribution in [0.1, 0.15) is 6.04 Å². The highest BCUT2D eigenvalue weighted by atomic mass is 32.2. The number of hydrogen-bond donors (Lipinski definition) is 1. The van der Waals surface area contributed by atoms with E-state index < -0.39 is 33.2 Å². The van der Waals surface area contributed by atoms with Crippen LogP contribution in [0.5, 0.6) is 0 Å². The van der Waals surface area contributed by atoms with Gasteiger partial charge in [0.05, 0.1) is 12.9 Å². The molecular formula is C10H12N2O5S. The summed E-state index contributed by atoms with van der Waals surface area (Å²) >= 11 is 0. The van der Waals surface area contributed by atoms with Crippen molar-refractivity contribution in [3.63, 3.8) is 0 Å². The van der Waals surface area contributed by atoms with Crippen molar-refractivity contribution < 1.29 is 17.9 Å². The smallest absolute Gasteiger partial charge is 0.330 e. The molecule has 8 heteroatoms. The van der Waals surface area contributed by atoms with Crippen LogP contribution in [0.2, 0.25) is 0 Å². The number of methoxy groups -OCH3 is 1. The lowest BCUT2D eigenvalue weighted by atomic mass is 10.3. The van der Waals surface area contributed by atoms with Crippen LogP contribution in [0, 0.1) is 0 Å². The molecule has 1 aliphatic heterocycles. The minimum absolute atomic E-state index is 0.151. The molecule has 1 aromatic heterocycles. The zero-order valence-corrected chi connectivity index (χ0v) is 10.7. The SMILES string of the molecule is CNc1ccc2n(c1=O)[C@H](C(=O)OC)CS2(=O)=O. The maximum atomic E-state index is 12.0. The van der Waals surface area contributed by atoms with Gasteiger partial charge in [0.2, 0.25) is 0 Å². The summed E-state index contributed by atoms with van der Waals surface area (Å²) in [6, 6.07) is 1.58. The van der Waals surface area contributed by atoms with E-state index in [0.717, 1.165) is 11.7 Å². The Labute approximate surface area is 103 Å². The molecule has 1 N–H and O–H groups in total. The first kappa shape index (κ1) is 12.6. The van der Waals surface area contributed by atoms with Gasteiger partial charge in [-0.3, -0.25) is 9.36 Å². The molecule has 1 aliphatic rings. The van der Waals surface area contributed by atoms with Gasteiger partial charge in [0, 0.05) is 7.05 Å². The molecule has 1 aromatic rings. The molecule has 0 bridgehead atoms. The number of carbonyl (C=O) groups excluding carboxylic acids is 1. The number of hydrogen-bond acceptors (Lipinski definition) is 6. The molecule has 1 atom stereocenters. The van der Waals surface area contributed by atoms with Crippen LogP contribution in [-0.2, 0) is 19.4 Å². The number of rotatable bonds is 2. The molecule has 7 nitrogen and oxygen atoms in total. The molecule has 18 heavy (non-hydrogen) atoms. The summed E-state index contributed by atoms with van der Waals surface area (Å²) in [4.78, 5) is 23.6. The Balaban J connectivity index is 2.74. The first-order chi connectivity index (χ1) is 8.42. The van der Waals surface area contributed by atoms with E-state index in [9.17, 15) is 18.0 Å². The quantitative estimate of drug-likeness (QED) is 0.722. The molecule has 0 fully saturated rings. The first-order valence-corrected chi connectivity index (χ1v) is 6.81. The number of anilines is 1. The highest BCUT2D eigenvalue weighted by Crippen LogP contribution is 2.27. The monoisotopic (exact) mass is 272 g/mol. The Morgan fingerprint density at radius 1 is 1.50 bits per heavy atom. The zero-order valence-electron chi connectivity index (χ0n) is 9.84. The van der Waals surface area contributed by atoms with Gasteiger partial charge >= 0.3 is 5.97 Å². The lowest BCUT2D eigenvalue weighted by Crippen LogP contribution is -2.30. The third-order valence-corrected chi connectivity index (χ3v) is 4.55. The van der Waals surface area contributed by atoms with Crippen LogP contribution in [0.3, 0.4) is 0 Å². The molecule has 0 saturated carbocycles. The third-order valence-electron chi connectivity index (χ3n) is 2.83. The van der Waals surface area contributed by atoms with Crippen LogP contribution in [-0.4, -0.2) is 38.9 Å². The molecular weight excluding hydrogens is 260 g/mol. The summed E-state index contributed by atoms with van der Waals surface area (Å²) in [5.41, 5.74) is -0.323. The fourth-order valence-electron chi connectivity index (χ4n) is 1.95. The van der Waals surface area contributed by atoms with Crippen molar-refractivity contribution in [3.8, 4) is 0 Å². The summed E-state index contributed by atoms with van der Waals surface area (Å²) in [7, 11) is -0.928. The fourth-order valence-corrected chi connectivity index (χ4v) is 3.61. The van der Waals surface area contributed by atoms with E-state index in [-0.39, 0.29) is 10.7 Å². The summed E-state index contributed by atoms with van der Waals surface area (Å²) < 4.78 is 29.2. The second kappa shape index (κ2) is 4.13. The predicted molar refractivity (Wildman–Crippen MR) is 63.4 cm³/mol. The number of ether oxygens (including phenoxy) is 1. The summed E-state index contributed by atoms with van der Waals surface area (Å²) in [5, 5.41) is 2.50.